The summed E-state index contributed by atoms with van der Waals surface area (Å²) < 4.78 is 0.941. The summed E-state index contributed by atoms with van der Waals surface area (Å²) in [5.74, 6) is -0.973. The van der Waals surface area contributed by atoms with Crippen LogP contribution in [0.5, 0.6) is 0 Å². The highest BCUT2D eigenvalue weighted by Crippen LogP contribution is 2.28. The molecular formula is C14H17BrN2O3. The molecule has 1 N–H and O–H groups in total. The van der Waals surface area contributed by atoms with Crippen molar-refractivity contribution in [1.82, 2.24) is 9.80 Å². The minimum atomic E-state index is -0.973. The van der Waals surface area contributed by atoms with Gasteiger partial charge in [-0.15, -0.1) is 0 Å². The van der Waals surface area contributed by atoms with E-state index in [-0.39, 0.29) is 18.6 Å². The molecule has 0 atom stereocenters. The summed E-state index contributed by atoms with van der Waals surface area (Å²) in [7, 11) is 1.69. The number of benzene rings is 1. The van der Waals surface area contributed by atoms with E-state index in [9.17, 15) is 9.59 Å². The van der Waals surface area contributed by atoms with Crippen molar-refractivity contribution in [2.75, 3.05) is 13.6 Å². The van der Waals surface area contributed by atoms with Crippen LogP contribution in [-0.2, 0) is 11.3 Å². The van der Waals surface area contributed by atoms with Gasteiger partial charge in [0.1, 0.15) is 6.54 Å². The van der Waals surface area contributed by atoms with E-state index in [1.165, 1.54) is 4.90 Å². The van der Waals surface area contributed by atoms with Crippen molar-refractivity contribution in [2.45, 2.75) is 25.4 Å². The van der Waals surface area contributed by atoms with Crippen LogP contribution in [0.1, 0.15) is 18.4 Å². The highest BCUT2D eigenvalue weighted by molar-refractivity contribution is 9.10. The van der Waals surface area contributed by atoms with Crippen LogP contribution in [0.2, 0.25) is 0 Å². The van der Waals surface area contributed by atoms with Crippen molar-refractivity contribution in [3.05, 3.63) is 34.3 Å². The fraction of sp³-hybridized carbons (Fsp3) is 0.429. The number of hydrogen-bond acceptors (Lipinski definition) is 2. The number of halogens is 1. The Bertz CT molecular complexity index is 517. The van der Waals surface area contributed by atoms with E-state index < -0.39 is 5.97 Å². The van der Waals surface area contributed by atoms with E-state index in [1.54, 1.807) is 11.9 Å². The van der Waals surface area contributed by atoms with Gasteiger partial charge in [0.15, 0.2) is 0 Å². The number of carboxylic acids is 1. The molecule has 0 heterocycles. The first-order valence-electron chi connectivity index (χ1n) is 6.46. The topological polar surface area (TPSA) is 60.9 Å². The number of hydrogen-bond donors (Lipinski definition) is 1. The second kappa shape index (κ2) is 6.26. The molecule has 0 spiro atoms. The van der Waals surface area contributed by atoms with E-state index in [0.29, 0.717) is 6.54 Å². The third-order valence-electron chi connectivity index (χ3n) is 3.23. The monoisotopic (exact) mass is 340 g/mol. The molecule has 2 rings (SSSR count). The molecule has 0 aliphatic heterocycles. The fourth-order valence-electron chi connectivity index (χ4n) is 2.05. The predicted octanol–water partition coefficient (Wildman–Crippen LogP) is 2.55. The SMILES string of the molecule is CN(Cc1ccccc1Br)C(=O)N(CC(=O)O)C1CC1. The third-order valence-corrected chi connectivity index (χ3v) is 4.00. The van der Waals surface area contributed by atoms with Gasteiger partial charge >= 0.3 is 12.0 Å². The third kappa shape index (κ3) is 3.72. The zero-order valence-corrected chi connectivity index (χ0v) is 12.8. The Morgan fingerprint density at radius 3 is 2.55 bits per heavy atom. The molecule has 108 valence electrons. The lowest BCUT2D eigenvalue weighted by atomic mass is 10.2. The van der Waals surface area contributed by atoms with Crippen molar-refractivity contribution in [3.8, 4) is 0 Å². The number of rotatable bonds is 5. The molecule has 0 bridgehead atoms. The Hall–Kier alpha value is -1.56. The average molecular weight is 341 g/mol. The molecule has 2 amide bonds. The van der Waals surface area contributed by atoms with Crippen LogP contribution in [-0.4, -0.2) is 46.5 Å². The van der Waals surface area contributed by atoms with Crippen molar-refractivity contribution in [3.63, 3.8) is 0 Å². The summed E-state index contributed by atoms with van der Waals surface area (Å²) in [5, 5.41) is 8.91. The van der Waals surface area contributed by atoms with Crippen LogP contribution >= 0.6 is 15.9 Å². The van der Waals surface area contributed by atoms with Crippen molar-refractivity contribution in [1.29, 1.82) is 0 Å². The fourth-order valence-corrected chi connectivity index (χ4v) is 2.46. The second-order valence-corrected chi connectivity index (χ2v) is 5.84. The zero-order chi connectivity index (χ0) is 14.7. The predicted molar refractivity (Wildman–Crippen MR) is 78.4 cm³/mol. The minimum absolute atomic E-state index is 0.0836. The summed E-state index contributed by atoms with van der Waals surface area (Å²) in [6.45, 7) is 0.215. The molecular weight excluding hydrogens is 324 g/mol. The molecule has 1 aromatic rings. The van der Waals surface area contributed by atoms with Crippen molar-refractivity contribution < 1.29 is 14.7 Å². The van der Waals surface area contributed by atoms with Gasteiger partial charge in [0.05, 0.1) is 0 Å². The first-order chi connectivity index (χ1) is 9.49. The first kappa shape index (κ1) is 14.8. The maximum atomic E-state index is 12.3. The number of amides is 2. The number of carbonyl (C=O) groups is 2. The lowest BCUT2D eigenvalue weighted by Crippen LogP contribution is -2.44. The molecule has 0 unspecified atom stereocenters. The van der Waals surface area contributed by atoms with Gasteiger partial charge in [-0.2, -0.15) is 0 Å². The Morgan fingerprint density at radius 2 is 2.00 bits per heavy atom. The van der Waals surface area contributed by atoms with Crippen LogP contribution in [0.3, 0.4) is 0 Å². The first-order valence-corrected chi connectivity index (χ1v) is 7.25. The molecule has 20 heavy (non-hydrogen) atoms. The van der Waals surface area contributed by atoms with Crippen LogP contribution < -0.4 is 0 Å². The molecule has 1 aromatic carbocycles. The quantitative estimate of drug-likeness (QED) is 0.895. The number of carbonyl (C=O) groups excluding carboxylic acids is 1. The Kier molecular flexibility index (Phi) is 4.65. The maximum absolute atomic E-state index is 12.3. The Labute approximate surface area is 126 Å². The van der Waals surface area contributed by atoms with Gasteiger partial charge in [-0.25, -0.2) is 4.79 Å². The smallest absolute Gasteiger partial charge is 0.323 e. The lowest BCUT2D eigenvalue weighted by Gasteiger charge is -2.27. The molecule has 1 aliphatic carbocycles. The minimum Gasteiger partial charge on any atom is -0.480 e. The molecule has 0 saturated heterocycles. The van der Waals surface area contributed by atoms with Gasteiger partial charge in [-0.1, -0.05) is 34.1 Å². The largest absolute Gasteiger partial charge is 0.480 e. The summed E-state index contributed by atoms with van der Waals surface area (Å²) >= 11 is 3.45. The van der Waals surface area contributed by atoms with Crippen LogP contribution in [0.4, 0.5) is 4.79 Å². The van der Waals surface area contributed by atoms with Crippen LogP contribution in [0.25, 0.3) is 0 Å². The number of nitrogens with zero attached hydrogens (tertiary/aromatic N) is 2. The van der Waals surface area contributed by atoms with Crippen LogP contribution in [0.15, 0.2) is 28.7 Å². The van der Waals surface area contributed by atoms with Gasteiger partial charge in [0.25, 0.3) is 0 Å². The van der Waals surface area contributed by atoms with E-state index in [4.69, 9.17) is 5.11 Å². The standard InChI is InChI=1S/C14H17BrN2O3/c1-16(8-10-4-2-3-5-12(10)15)14(20)17(9-13(18)19)11-6-7-11/h2-5,11H,6-9H2,1H3,(H,18,19). The Morgan fingerprint density at radius 1 is 1.35 bits per heavy atom. The van der Waals surface area contributed by atoms with Crippen molar-refractivity contribution in [2.24, 2.45) is 0 Å². The van der Waals surface area contributed by atoms with E-state index in [2.05, 4.69) is 15.9 Å². The Balaban J connectivity index is 2.03. The van der Waals surface area contributed by atoms with Gasteiger partial charge < -0.3 is 14.9 Å². The highest BCUT2D eigenvalue weighted by Gasteiger charge is 2.35. The summed E-state index contributed by atoms with van der Waals surface area (Å²) in [6.07, 6.45) is 1.78. The van der Waals surface area contributed by atoms with Crippen molar-refractivity contribution >= 4 is 27.9 Å². The molecule has 0 radical (unpaired) electrons. The highest BCUT2D eigenvalue weighted by atomic mass is 79.9. The molecule has 0 aromatic heterocycles. The van der Waals surface area contributed by atoms with E-state index in [1.807, 2.05) is 24.3 Å². The lowest BCUT2D eigenvalue weighted by molar-refractivity contribution is -0.137. The number of urea groups is 1. The zero-order valence-electron chi connectivity index (χ0n) is 11.3. The second-order valence-electron chi connectivity index (χ2n) is 4.98. The van der Waals surface area contributed by atoms with Gasteiger partial charge in [-0.3, -0.25) is 4.79 Å². The van der Waals surface area contributed by atoms with Gasteiger partial charge in [0.2, 0.25) is 0 Å². The normalized spacial score (nSPS) is 13.9. The molecule has 1 fully saturated rings. The van der Waals surface area contributed by atoms with E-state index >= 15 is 0 Å². The molecule has 5 nitrogen and oxygen atoms in total. The van der Waals surface area contributed by atoms with Gasteiger partial charge in [-0.05, 0) is 24.5 Å². The molecule has 1 saturated carbocycles. The molecule has 1 aliphatic rings. The molecule has 6 heteroatoms. The van der Waals surface area contributed by atoms with Gasteiger partial charge in [0, 0.05) is 24.1 Å². The van der Waals surface area contributed by atoms with Crippen LogP contribution in [0, 0.1) is 0 Å². The van der Waals surface area contributed by atoms with E-state index in [0.717, 1.165) is 22.9 Å². The number of carboxylic acid groups (broad SMARTS) is 1. The summed E-state index contributed by atoms with van der Waals surface area (Å²) in [6, 6.07) is 7.53. The number of aliphatic carboxylic acids is 1. The average Bonchev–Trinajstić information content (AvgIpc) is 3.22. The maximum Gasteiger partial charge on any atom is 0.323 e. The summed E-state index contributed by atoms with van der Waals surface area (Å²) in [5.41, 5.74) is 0.995. The summed E-state index contributed by atoms with van der Waals surface area (Å²) in [4.78, 5) is 26.2.